The molecule has 1 fully saturated rings. The average molecular weight is 419 g/mol. The first kappa shape index (κ1) is 24.5. The van der Waals surface area contributed by atoms with Gasteiger partial charge in [-0.25, -0.2) is 0 Å². The molecule has 1 saturated heterocycles. The number of aliphatic hydroxyl groups excluding tert-OH is 4. The molecule has 0 amide bonds. The van der Waals surface area contributed by atoms with Crippen molar-refractivity contribution in [2.75, 3.05) is 6.61 Å². The van der Waals surface area contributed by atoms with Gasteiger partial charge in [-0.2, -0.15) is 0 Å². The highest BCUT2D eigenvalue weighted by molar-refractivity contribution is 5.41. The van der Waals surface area contributed by atoms with Crippen molar-refractivity contribution in [2.24, 2.45) is 0 Å². The Kier molecular flexibility index (Phi) is 8.97. The van der Waals surface area contributed by atoms with Gasteiger partial charge in [0.15, 0.2) is 0 Å². The maximum absolute atomic E-state index is 10.6. The summed E-state index contributed by atoms with van der Waals surface area (Å²) in [5, 5.41) is 40.3. The Morgan fingerprint density at radius 3 is 2.20 bits per heavy atom. The van der Waals surface area contributed by atoms with Gasteiger partial charge in [-0.1, -0.05) is 70.2 Å². The molecule has 6 nitrogen and oxygen atoms in total. The molecule has 0 radical (unpaired) electrons. The van der Waals surface area contributed by atoms with Crippen LogP contribution in [-0.4, -0.2) is 51.4 Å². The molecule has 0 aliphatic carbocycles. The van der Waals surface area contributed by atoms with Crippen LogP contribution in [0.4, 0.5) is 0 Å². The van der Waals surface area contributed by atoms with Crippen molar-refractivity contribution < 1.29 is 29.9 Å². The van der Waals surface area contributed by atoms with Crippen molar-refractivity contribution >= 4 is 0 Å². The largest absolute Gasteiger partial charge is 0.394 e. The van der Waals surface area contributed by atoms with E-state index in [1.165, 1.54) is 0 Å². The highest BCUT2D eigenvalue weighted by atomic mass is 16.7. The minimum atomic E-state index is -1.59. The molecule has 1 spiro atoms. The first-order valence-electron chi connectivity index (χ1n) is 10.7. The van der Waals surface area contributed by atoms with Gasteiger partial charge in [0.2, 0.25) is 5.79 Å². The second kappa shape index (κ2) is 11.0. The van der Waals surface area contributed by atoms with Gasteiger partial charge in [-0.3, -0.25) is 0 Å². The summed E-state index contributed by atoms with van der Waals surface area (Å²) in [5.74, 6) is -1.59. The molecule has 6 heteroatoms. The summed E-state index contributed by atoms with van der Waals surface area (Å²) in [6.07, 6.45) is -4.68. The van der Waals surface area contributed by atoms with Crippen LogP contribution in [0.3, 0.4) is 0 Å². The summed E-state index contributed by atoms with van der Waals surface area (Å²) in [4.78, 5) is 0. The van der Waals surface area contributed by atoms with Crippen LogP contribution in [0.15, 0.2) is 48.5 Å². The van der Waals surface area contributed by atoms with Crippen molar-refractivity contribution in [1.82, 2.24) is 0 Å². The monoisotopic (exact) mass is 418 g/mol. The molecule has 0 aromatic heterocycles. The number of hydrogen-bond acceptors (Lipinski definition) is 6. The van der Waals surface area contributed by atoms with E-state index < -0.39 is 36.8 Å². The normalized spacial score (nSPS) is 29.3. The zero-order valence-corrected chi connectivity index (χ0v) is 18.2. The van der Waals surface area contributed by atoms with Crippen LogP contribution in [0.25, 0.3) is 0 Å². The number of ether oxygens (including phenoxy) is 2. The van der Waals surface area contributed by atoms with E-state index in [1.807, 2.05) is 76.2 Å². The number of fused-ring (bicyclic) bond motifs is 2. The molecule has 2 aromatic carbocycles. The van der Waals surface area contributed by atoms with Gasteiger partial charge in [0.05, 0.1) is 13.2 Å². The zero-order chi connectivity index (χ0) is 22.3. The minimum Gasteiger partial charge on any atom is -0.394 e. The number of rotatable bonds is 3. The Morgan fingerprint density at radius 1 is 0.900 bits per heavy atom. The van der Waals surface area contributed by atoms with Crippen LogP contribution in [0.2, 0.25) is 0 Å². The lowest BCUT2D eigenvalue weighted by molar-refractivity contribution is -0.368. The van der Waals surface area contributed by atoms with E-state index >= 15 is 0 Å². The Labute approximate surface area is 178 Å². The Bertz CT molecular complexity index is 779. The quantitative estimate of drug-likeness (QED) is 0.611. The van der Waals surface area contributed by atoms with Gasteiger partial charge < -0.3 is 29.9 Å². The zero-order valence-electron chi connectivity index (χ0n) is 18.2. The van der Waals surface area contributed by atoms with Gasteiger partial charge in [0.25, 0.3) is 0 Å². The van der Waals surface area contributed by atoms with E-state index in [4.69, 9.17) is 9.47 Å². The third-order valence-corrected chi connectivity index (χ3v) is 5.19. The predicted molar refractivity (Wildman–Crippen MR) is 115 cm³/mol. The van der Waals surface area contributed by atoms with Gasteiger partial charge in [0.1, 0.15) is 24.4 Å². The fourth-order valence-corrected chi connectivity index (χ4v) is 3.76. The third kappa shape index (κ3) is 4.59. The molecule has 0 bridgehead atoms. The molecule has 2 heterocycles. The van der Waals surface area contributed by atoms with E-state index in [1.54, 1.807) is 0 Å². The van der Waals surface area contributed by atoms with Crippen molar-refractivity contribution in [3.63, 3.8) is 0 Å². The van der Waals surface area contributed by atoms with E-state index in [0.717, 1.165) is 16.7 Å². The van der Waals surface area contributed by atoms with Crippen LogP contribution in [0.5, 0.6) is 0 Å². The SMILES string of the molecule is CC.CC.OCC1OC2(OCc3ccc(Cc4ccccc4)cc32)C(O)C(O)C1O. The Hall–Kier alpha value is -1.80. The summed E-state index contributed by atoms with van der Waals surface area (Å²) in [5.41, 5.74) is 3.63. The highest BCUT2D eigenvalue weighted by Crippen LogP contribution is 2.46. The average Bonchev–Trinajstić information content (AvgIpc) is 3.17. The molecule has 2 aliphatic rings. The highest BCUT2D eigenvalue weighted by Gasteiger charge is 2.58. The molecule has 5 unspecified atom stereocenters. The number of hydrogen-bond donors (Lipinski definition) is 4. The summed E-state index contributed by atoms with van der Waals surface area (Å²) in [6.45, 7) is 7.73. The van der Waals surface area contributed by atoms with Crippen LogP contribution in [0, 0.1) is 0 Å². The van der Waals surface area contributed by atoms with E-state index in [9.17, 15) is 20.4 Å². The number of aliphatic hydroxyl groups is 4. The molecular formula is C24H34O6. The van der Waals surface area contributed by atoms with Crippen molar-refractivity contribution in [3.05, 3.63) is 70.8 Å². The predicted octanol–water partition coefficient (Wildman–Crippen LogP) is 2.49. The second-order valence-electron chi connectivity index (χ2n) is 6.87. The van der Waals surface area contributed by atoms with E-state index in [0.29, 0.717) is 12.0 Å². The van der Waals surface area contributed by atoms with Crippen molar-refractivity contribution in [2.45, 2.75) is 70.9 Å². The summed E-state index contributed by atoms with van der Waals surface area (Å²) in [6, 6.07) is 15.8. The standard InChI is InChI=1S/C20H22O6.2C2H6/c21-10-16-17(22)18(23)19(24)20(26-16)15-9-13(6-7-14(15)11-25-20)8-12-4-2-1-3-5-12;2*1-2/h1-7,9,16-19,21-24H,8,10-11H2;2*1-2H3. The lowest BCUT2D eigenvalue weighted by Crippen LogP contribution is -2.63. The molecule has 5 atom stereocenters. The molecule has 2 aliphatic heterocycles. The fourth-order valence-electron chi connectivity index (χ4n) is 3.76. The first-order chi connectivity index (χ1) is 14.5. The second-order valence-corrected chi connectivity index (χ2v) is 6.87. The molecule has 4 rings (SSSR count). The molecule has 166 valence electrons. The van der Waals surface area contributed by atoms with Crippen molar-refractivity contribution in [1.29, 1.82) is 0 Å². The summed E-state index contributed by atoms with van der Waals surface area (Å²) < 4.78 is 11.5. The van der Waals surface area contributed by atoms with Crippen LogP contribution < -0.4 is 0 Å². The molecule has 4 N–H and O–H groups in total. The minimum absolute atomic E-state index is 0.221. The summed E-state index contributed by atoms with van der Waals surface area (Å²) in [7, 11) is 0. The Balaban J connectivity index is 0.000000757. The first-order valence-corrected chi connectivity index (χ1v) is 10.7. The van der Waals surface area contributed by atoms with Crippen LogP contribution in [0.1, 0.15) is 49.9 Å². The van der Waals surface area contributed by atoms with Gasteiger partial charge in [-0.05, 0) is 29.2 Å². The lowest BCUT2D eigenvalue weighted by atomic mass is 9.86. The molecule has 2 aromatic rings. The van der Waals surface area contributed by atoms with Gasteiger partial charge in [-0.15, -0.1) is 0 Å². The van der Waals surface area contributed by atoms with Gasteiger partial charge in [0, 0.05) is 5.56 Å². The smallest absolute Gasteiger partial charge is 0.225 e. The maximum Gasteiger partial charge on any atom is 0.225 e. The van der Waals surface area contributed by atoms with Crippen LogP contribution >= 0.6 is 0 Å². The lowest BCUT2D eigenvalue weighted by Gasteiger charge is -2.46. The fraction of sp³-hybridized carbons (Fsp3) is 0.500. The van der Waals surface area contributed by atoms with Crippen LogP contribution in [-0.2, 0) is 28.3 Å². The maximum atomic E-state index is 10.6. The Morgan fingerprint density at radius 2 is 1.57 bits per heavy atom. The third-order valence-electron chi connectivity index (χ3n) is 5.19. The number of benzene rings is 2. The van der Waals surface area contributed by atoms with E-state index in [-0.39, 0.29) is 6.61 Å². The summed E-state index contributed by atoms with van der Waals surface area (Å²) >= 11 is 0. The molecule has 30 heavy (non-hydrogen) atoms. The molecular weight excluding hydrogens is 384 g/mol. The molecule has 0 saturated carbocycles. The van der Waals surface area contributed by atoms with Crippen molar-refractivity contribution in [3.8, 4) is 0 Å². The topological polar surface area (TPSA) is 99.4 Å². The van der Waals surface area contributed by atoms with E-state index in [2.05, 4.69) is 0 Å². The van der Waals surface area contributed by atoms with Gasteiger partial charge >= 0.3 is 0 Å².